The SMILES string of the molecule is C=CCN1CC[NH+](c2cccc[nH+]2)CC1.[Cl-].[Cl-].[Cl][Cu].[Cl][Cu].[Cl][Cu]. The van der Waals surface area contributed by atoms with Crippen LogP contribution < -0.4 is 34.7 Å². The third-order valence-electron chi connectivity index (χ3n) is 2.94. The zero-order chi connectivity index (χ0) is 16.5. The maximum atomic E-state index is 4.20. The van der Waals surface area contributed by atoms with Crippen LogP contribution in [0, 0.1) is 0 Å². The molecule has 1 fully saturated rings. The van der Waals surface area contributed by atoms with Crippen LogP contribution in [0.3, 0.4) is 0 Å². The minimum absolute atomic E-state index is 0. The van der Waals surface area contributed by atoms with E-state index < -0.39 is 0 Å². The standard InChI is InChI=1S/C12H17N3.5ClH.3Cu/c1-2-7-14-8-10-15(11-9-14)12-5-3-4-6-13-12;;;;;;;;/h2-6H,1,7-11H2;5*1H;;;/q;;;;;;3*+1/p-3. The summed E-state index contributed by atoms with van der Waals surface area (Å²) in [5, 5.41) is 0. The van der Waals surface area contributed by atoms with Crippen LogP contribution in [0.2, 0.25) is 0 Å². The summed E-state index contributed by atoms with van der Waals surface area (Å²) in [6.07, 6.45) is 3.98. The molecule has 1 saturated heterocycles. The Bertz CT molecular complexity index is 331. The molecule has 1 aromatic rings. The molecule has 2 rings (SSSR count). The molecule has 0 unspecified atom stereocenters. The summed E-state index contributed by atoms with van der Waals surface area (Å²) < 4.78 is 0. The Morgan fingerprint density at radius 2 is 1.61 bits per heavy atom. The molecular weight excluding hydrogens is 554 g/mol. The van der Waals surface area contributed by atoms with E-state index in [2.05, 4.69) is 104 Å². The number of rotatable bonds is 3. The number of piperazine rings is 1. The monoisotopic (exact) mass is 569 g/mol. The van der Waals surface area contributed by atoms with Crippen molar-refractivity contribution >= 4 is 36.1 Å². The van der Waals surface area contributed by atoms with Crippen molar-refractivity contribution < 1.29 is 80.0 Å². The van der Waals surface area contributed by atoms with E-state index in [0.29, 0.717) is 0 Å². The summed E-state index contributed by atoms with van der Waals surface area (Å²) in [5.41, 5.74) is 0. The van der Waals surface area contributed by atoms with Gasteiger partial charge in [0.15, 0.2) is 6.20 Å². The van der Waals surface area contributed by atoms with Crippen LogP contribution in [-0.2, 0) is 45.3 Å². The predicted molar refractivity (Wildman–Crippen MR) is 77.6 cm³/mol. The Labute approximate surface area is 189 Å². The van der Waals surface area contributed by atoms with Gasteiger partial charge in [-0.15, -0.1) is 6.58 Å². The topological polar surface area (TPSA) is 21.8 Å². The van der Waals surface area contributed by atoms with Crippen molar-refractivity contribution in [3.8, 4) is 0 Å². The summed E-state index contributed by atoms with van der Waals surface area (Å²) >= 11 is 11.0. The zero-order valence-corrected chi connectivity index (χ0v) is 18.5. The number of nitrogens with one attached hydrogen (secondary N) is 2. The molecule has 2 N–H and O–H groups in total. The van der Waals surface area contributed by atoms with Crippen LogP contribution in [0.5, 0.6) is 0 Å². The average molecular weight is 573 g/mol. The Morgan fingerprint density at radius 1 is 1.09 bits per heavy atom. The fourth-order valence-corrected chi connectivity index (χ4v) is 2.07. The zero-order valence-electron chi connectivity index (χ0n) is 11.9. The number of quaternary nitrogens is 1. The fourth-order valence-electron chi connectivity index (χ4n) is 2.07. The third kappa shape index (κ3) is 15.8. The van der Waals surface area contributed by atoms with Gasteiger partial charge >= 0.3 is 81.4 Å². The molecule has 1 aliphatic rings. The van der Waals surface area contributed by atoms with Gasteiger partial charge < -0.3 is 24.8 Å². The number of nitrogens with zero attached hydrogens (tertiary/aromatic N) is 1. The molecule has 0 saturated carbocycles. The van der Waals surface area contributed by atoms with Gasteiger partial charge in [0, 0.05) is 25.7 Å². The normalized spacial score (nSPS) is 13.3. The molecule has 1 aromatic heterocycles. The van der Waals surface area contributed by atoms with E-state index in [-0.39, 0.29) is 24.8 Å². The number of pyridine rings is 1. The van der Waals surface area contributed by atoms with Crippen LogP contribution in [0.25, 0.3) is 0 Å². The molecule has 0 aliphatic carbocycles. The van der Waals surface area contributed by atoms with E-state index >= 15 is 0 Å². The second-order valence-corrected chi connectivity index (χ2v) is 3.97. The molecule has 0 atom stereocenters. The van der Waals surface area contributed by atoms with Gasteiger partial charge in [-0.25, -0.2) is 4.90 Å². The number of H-pyrrole nitrogens is 1. The maximum absolute atomic E-state index is 4.20. The molecule has 23 heavy (non-hydrogen) atoms. The van der Waals surface area contributed by atoms with E-state index in [1.807, 2.05) is 18.3 Å². The minimum atomic E-state index is 0. The van der Waals surface area contributed by atoms with Crippen LogP contribution in [0.15, 0.2) is 37.1 Å². The summed E-state index contributed by atoms with van der Waals surface area (Å²) in [6.45, 7) is 9.46. The number of hydrogen-bond donors (Lipinski definition) is 1. The predicted octanol–water partition coefficient (Wildman–Crippen LogP) is -4.41. The first-order chi connectivity index (χ1) is 10.4. The Morgan fingerprint density at radius 3 is 2.00 bits per heavy atom. The van der Waals surface area contributed by atoms with Crippen LogP contribution in [0.1, 0.15) is 0 Å². The van der Waals surface area contributed by atoms with Gasteiger partial charge in [0.05, 0.1) is 19.2 Å². The first-order valence-electron chi connectivity index (χ1n) is 5.89. The van der Waals surface area contributed by atoms with Gasteiger partial charge in [-0.1, -0.05) is 6.08 Å². The Balaban J connectivity index is -0.000000204. The summed E-state index contributed by atoms with van der Waals surface area (Å²) in [5.74, 6) is 1.30. The van der Waals surface area contributed by atoms with Gasteiger partial charge in [0.25, 0.3) is 0 Å². The molecule has 11 heteroatoms. The Hall–Kier alpha value is 1.82. The van der Waals surface area contributed by atoms with Crippen molar-refractivity contribution in [1.29, 1.82) is 0 Å². The fraction of sp³-hybridized carbons (Fsp3) is 0.417. The van der Waals surface area contributed by atoms with Crippen molar-refractivity contribution in [2.45, 2.75) is 0 Å². The molecule has 0 spiro atoms. The van der Waals surface area contributed by atoms with Crippen molar-refractivity contribution in [2.24, 2.45) is 0 Å². The number of aromatic nitrogens is 1. The van der Waals surface area contributed by atoms with Crippen LogP contribution in [0.4, 0.5) is 5.82 Å². The number of hydrogen-bond acceptors (Lipinski definition) is 1. The van der Waals surface area contributed by atoms with E-state index in [1.54, 1.807) is 4.90 Å². The molecule has 1 aliphatic heterocycles. The van der Waals surface area contributed by atoms with Crippen LogP contribution >= 0.6 is 30.3 Å². The molecule has 150 valence electrons. The summed E-state index contributed by atoms with van der Waals surface area (Å²) in [4.78, 5) is 7.30. The molecule has 3 nitrogen and oxygen atoms in total. The van der Waals surface area contributed by atoms with Crippen LogP contribution in [-0.4, -0.2) is 37.6 Å². The first-order valence-corrected chi connectivity index (χ1v) is 9.78. The summed E-state index contributed by atoms with van der Waals surface area (Å²) in [7, 11) is 12.6. The summed E-state index contributed by atoms with van der Waals surface area (Å²) in [6, 6.07) is 6.28. The first kappa shape index (κ1) is 32.5. The molecule has 0 radical (unpaired) electrons. The van der Waals surface area contributed by atoms with Gasteiger partial charge in [-0.3, -0.25) is 4.90 Å². The van der Waals surface area contributed by atoms with E-state index in [9.17, 15) is 0 Å². The van der Waals surface area contributed by atoms with E-state index in [1.165, 1.54) is 18.9 Å². The third-order valence-corrected chi connectivity index (χ3v) is 2.94. The molecule has 0 amide bonds. The molecule has 2 heterocycles. The van der Waals surface area contributed by atoms with E-state index in [4.69, 9.17) is 0 Å². The van der Waals surface area contributed by atoms with E-state index in [0.717, 1.165) is 19.6 Å². The Kier molecular flexibility index (Phi) is 36.8. The van der Waals surface area contributed by atoms with Crippen molar-refractivity contribution in [2.75, 3.05) is 32.7 Å². The van der Waals surface area contributed by atoms with Gasteiger partial charge in [0.2, 0.25) is 0 Å². The van der Waals surface area contributed by atoms with Gasteiger partial charge in [0.1, 0.15) is 0 Å². The number of aromatic amines is 1. The second-order valence-electron chi connectivity index (χ2n) is 3.97. The van der Waals surface area contributed by atoms with Gasteiger partial charge in [-0.2, -0.15) is 4.98 Å². The molecule has 0 bridgehead atoms. The van der Waals surface area contributed by atoms with Crippen molar-refractivity contribution in [1.82, 2.24) is 4.90 Å². The average Bonchev–Trinajstić information content (AvgIpc) is 2.62. The quantitative estimate of drug-likeness (QED) is 0.287. The van der Waals surface area contributed by atoms with Crippen molar-refractivity contribution in [3.63, 3.8) is 0 Å². The molecule has 0 aromatic carbocycles. The molecular formula is C12H19Cl5Cu3N3. The second kappa shape index (κ2) is 26.1. The van der Waals surface area contributed by atoms with Crippen molar-refractivity contribution in [3.05, 3.63) is 37.1 Å². The van der Waals surface area contributed by atoms with Gasteiger partial charge in [-0.05, 0) is 6.07 Å². The number of halogens is 5.